The lowest BCUT2D eigenvalue weighted by molar-refractivity contribution is -0.130. The van der Waals surface area contributed by atoms with Gasteiger partial charge in [0, 0.05) is 12.1 Å². The summed E-state index contributed by atoms with van der Waals surface area (Å²) in [6.45, 7) is -0.536. The van der Waals surface area contributed by atoms with E-state index < -0.39 is 42.4 Å². The first kappa shape index (κ1) is 22.5. The lowest BCUT2D eigenvalue weighted by atomic mass is 10.1. The van der Waals surface area contributed by atoms with E-state index in [0.29, 0.717) is 6.42 Å². The Morgan fingerprint density at radius 1 is 0.969 bits per heavy atom. The molecule has 10 nitrogen and oxygen atoms in total. The van der Waals surface area contributed by atoms with Crippen molar-refractivity contribution in [3.63, 3.8) is 0 Å². The van der Waals surface area contributed by atoms with Gasteiger partial charge in [-0.05, 0) is 23.8 Å². The van der Waals surface area contributed by atoms with Crippen molar-refractivity contribution < 1.29 is 33.4 Å². The third kappa shape index (κ3) is 5.09. The van der Waals surface area contributed by atoms with Gasteiger partial charge in [0.05, 0.1) is 25.3 Å². The number of amides is 4. The number of benzene rings is 2. The molecule has 0 bridgehead atoms. The molecule has 3 rings (SSSR count). The van der Waals surface area contributed by atoms with E-state index in [1.54, 1.807) is 0 Å². The highest BCUT2D eigenvalue weighted by Gasteiger charge is 2.38. The molecule has 1 atom stereocenters. The van der Waals surface area contributed by atoms with Crippen LogP contribution in [0.2, 0.25) is 0 Å². The fraction of sp³-hybridized carbons (Fsp3) is 0.227. The SMILES string of the molecule is COC(=O)c1cc(NC(=O)CN2C(=O)NC(Cc3ccccc3)C2=O)cc(C(=O)OC)c1. The van der Waals surface area contributed by atoms with Gasteiger partial charge in [-0.2, -0.15) is 0 Å². The molecule has 0 aliphatic carbocycles. The molecule has 1 unspecified atom stereocenters. The number of rotatable bonds is 7. The molecule has 4 amide bonds. The molecule has 1 aliphatic heterocycles. The number of ether oxygens (including phenoxy) is 2. The quantitative estimate of drug-likeness (QED) is 0.492. The van der Waals surface area contributed by atoms with Gasteiger partial charge < -0.3 is 20.1 Å². The fourth-order valence-corrected chi connectivity index (χ4v) is 3.23. The predicted octanol–water partition coefficient (Wildman–Crippen LogP) is 1.36. The highest BCUT2D eigenvalue weighted by atomic mass is 16.5. The van der Waals surface area contributed by atoms with Crippen molar-refractivity contribution in [3.8, 4) is 0 Å². The van der Waals surface area contributed by atoms with Crippen LogP contribution in [-0.4, -0.2) is 61.5 Å². The molecule has 32 heavy (non-hydrogen) atoms. The summed E-state index contributed by atoms with van der Waals surface area (Å²) in [5, 5.41) is 5.05. The highest BCUT2D eigenvalue weighted by molar-refractivity contribution is 6.08. The maximum atomic E-state index is 12.6. The molecule has 0 radical (unpaired) electrons. The minimum absolute atomic E-state index is 0.0172. The van der Waals surface area contributed by atoms with Crippen LogP contribution in [0.1, 0.15) is 26.3 Å². The van der Waals surface area contributed by atoms with E-state index in [1.165, 1.54) is 32.4 Å². The van der Waals surface area contributed by atoms with Crippen molar-refractivity contribution in [2.45, 2.75) is 12.5 Å². The molecule has 0 saturated carbocycles. The van der Waals surface area contributed by atoms with Crippen molar-refractivity contribution in [1.82, 2.24) is 10.2 Å². The summed E-state index contributed by atoms with van der Waals surface area (Å²) in [5.74, 6) is -2.65. The first-order chi connectivity index (χ1) is 15.3. The maximum absolute atomic E-state index is 12.6. The molecule has 2 aromatic rings. The van der Waals surface area contributed by atoms with Gasteiger partial charge in [-0.25, -0.2) is 14.4 Å². The minimum atomic E-state index is -0.772. The van der Waals surface area contributed by atoms with Gasteiger partial charge in [-0.15, -0.1) is 0 Å². The van der Waals surface area contributed by atoms with E-state index in [1.807, 2.05) is 30.3 Å². The highest BCUT2D eigenvalue weighted by Crippen LogP contribution is 2.18. The van der Waals surface area contributed by atoms with Gasteiger partial charge in [0.25, 0.3) is 5.91 Å². The Morgan fingerprint density at radius 2 is 1.56 bits per heavy atom. The number of esters is 2. The first-order valence-electron chi connectivity index (χ1n) is 9.59. The van der Waals surface area contributed by atoms with Crippen molar-refractivity contribution >= 4 is 35.5 Å². The summed E-state index contributed by atoms with van der Waals surface area (Å²) in [5.41, 5.74) is 1.01. The number of nitrogens with one attached hydrogen (secondary N) is 2. The molecule has 166 valence electrons. The van der Waals surface area contributed by atoms with E-state index in [9.17, 15) is 24.0 Å². The fourth-order valence-electron chi connectivity index (χ4n) is 3.23. The average molecular weight is 439 g/mol. The molecule has 1 fully saturated rings. The zero-order chi connectivity index (χ0) is 23.3. The minimum Gasteiger partial charge on any atom is -0.465 e. The zero-order valence-corrected chi connectivity index (χ0v) is 17.4. The topological polar surface area (TPSA) is 131 Å². The number of anilines is 1. The summed E-state index contributed by atoms with van der Waals surface area (Å²) in [6.07, 6.45) is 0.299. The van der Waals surface area contributed by atoms with E-state index in [0.717, 1.165) is 10.5 Å². The second kappa shape index (κ2) is 9.73. The summed E-state index contributed by atoms with van der Waals surface area (Å²) >= 11 is 0. The number of methoxy groups -OCH3 is 2. The monoisotopic (exact) mass is 439 g/mol. The number of urea groups is 1. The second-order valence-corrected chi connectivity index (χ2v) is 6.95. The van der Waals surface area contributed by atoms with Crippen LogP contribution in [-0.2, 0) is 25.5 Å². The van der Waals surface area contributed by atoms with Gasteiger partial charge in [0.15, 0.2) is 0 Å². The number of hydrogen-bond acceptors (Lipinski definition) is 7. The average Bonchev–Trinajstić information content (AvgIpc) is 3.05. The molecule has 0 spiro atoms. The zero-order valence-electron chi connectivity index (χ0n) is 17.4. The van der Waals surface area contributed by atoms with Crippen LogP contribution in [0.25, 0.3) is 0 Å². The molecule has 0 aromatic heterocycles. The smallest absolute Gasteiger partial charge is 0.337 e. The van der Waals surface area contributed by atoms with E-state index >= 15 is 0 Å². The standard InChI is InChI=1S/C22H21N3O7/c1-31-20(28)14-9-15(21(29)32-2)11-16(10-14)23-18(26)12-25-19(27)17(24-22(25)30)8-13-6-4-3-5-7-13/h3-7,9-11,17H,8,12H2,1-2H3,(H,23,26)(H,24,30). The van der Waals surface area contributed by atoms with Crippen molar-refractivity contribution in [2.24, 2.45) is 0 Å². The molecule has 10 heteroatoms. The van der Waals surface area contributed by atoms with Crippen LogP contribution >= 0.6 is 0 Å². The summed E-state index contributed by atoms with van der Waals surface area (Å²) in [6, 6.07) is 11.6. The van der Waals surface area contributed by atoms with Crippen LogP contribution in [0, 0.1) is 0 Å². The van der Waals surface area contributed by atoms with Gasteiger partial charge in [-0.1, -0.05) is 30.3 Å². The van der Waals surface area contributed by atoms with Gasteiger partial charge >= 0.3 is 18.0 Å². The number of nitrogens with zero attached hydrogens (tertiary/aromatic N) is 1. The number of hydrogen-bond donors (Lipinski definition) is 2. The van der Waals surface area contributed by atoms with Crippen LogP contribution in [0.15, 0.2) is 48.5 Å². The Hall–Kier alpha value is -4.21. The molecular weight excluding hydrogens is 418 g/mol. The Balaban J connectivity index is 1.71. The molecule has 2 aromatic carbocycles. The number of carbonyl (C=O) groups is 5. The summed E-state index contributed by atoms with van der Waals surface area (Å²) < 4.78 is 9.30. The van der Waals surface area contributed by atoms with Crippen molar-refractivity contribution in [1.29, 1.82) is 0 Å². The Morgan fingerprint density at radius 3 is 2.12 bits per heavy atom. The summed E-state index contributed by atoms with van der Waals surface area (Å²) in [4.78, 5) is 61.9. The molecule has 1 heterocycles. The first-order valence-corrected chi connectivity index (χ1v) is 9.59. The lowest BCUT2D eigenvalue weighted by Crippen LogP contribution is -2.38. The largest absolute Gasteiger partial charge is 0.465 e. The predicted molar refractivity (Wildman–Crippen MR) is 112 cm³/mol. The van der Waals surface area contributed by atoms with Crippen LogP contribution < -0.4 is 10.6 Å². The van der Waals surface area contributed by atoms with Crippen LogP contribution in [0.3, 0.4) is 0 Å². The van der Waals surface area contributed by atoms with E-state index in [4.69, 9.17) is 0 Å². The van der Waals surface area contributed by atoms with Gasteiger partial charge in [0.2, 0.25) is 5.91 Å². The second-order valence-electron chi connectivity index (χ2n) is 6.95. The number of carbonyl (C=O) groups excluding carboxylic acids is 5. The van der Waals surface area contributed by atoms with E-state index in [-0.39, 0.29) is 16.8 Å². The Labute approximate surface area is 183 Å². The third-order valence-corrected chi connectivity index (χ3v) is 4.75. The van der Waals surface area contributed by atoms with E-state index in [2.05, 4.69) is 20.1 Å². The summed E-state index contributed by atoms with van der Waals surface area (Å²) in [7, 11) is 2.35. The molecular formula is C22H21N3O7. The van der Waals surface area contributed by atoms with Crippen LogP contribution in [0.5, 0.6) is 0 Å². The molecule has 1 aliphatic rings. The van der Waals surface area contributed by atoms with Crippen LogP contribution in [0.4, 0.5) is 10.5 Å². The Kier molecular flexibility index (Phi) is 6.83. The molecule has 2 N–H and O–H groups in total. The maximum Gasteiger partial charge on any atom is 0.337 e. The van der Waals surface area contributed by atoms with Crippen molar-refractivity contribution in [3.05, 3.63) is 65.2 Å². The lowest BCUT2D eigenvalue weighted by Gasteiger charge is -2.14. The number of imide groups is 1. The van der Waals surface area contributed by atoms with Gasteiger partial charge in [-0.3, -0.25) is 14.5 Å². The third-order valence-electron chi connectivity index (χ3n) is 4.75. The normalized spacial score (nSPS) is 15.2. The molecule has 1 saturated heterocycles. The Bertz CT molecular complexity index is 1030. The van der Waals surface area contributed by atoms with Crippen molar-refractivity contribution in [2.75, 3.05) is 26.1 Å². The van der Waals surface area contributed by atoms with Gasteiger partial charge in [0.1, 0.15) is 12.6 Å².